The number of likely N-dealkylation sites (tertiary alicyclic amines) is 1. The van der Waals surface area contributed by atoms with Crippen LogP contribution in [0.1, 0.15) is 48.4 Å². The number of carbonyl (C=O) groups is 1. The summed E-state index contributed by atoms with van der Waals surface area (Å²) in [7, 11) is 1.76. The van der Waals surface area contributed by atoms with E-state index in [1.165, 1.54) is 12.8 Å². The van der Waals surface area contributed by atoms with E-state index < -0.39 is 6.10 Å². The summed E-state index contributed by atoms with van der Waals surface area (Å²) >= 11 is 0. The lowest BCUT2D eigenvalue weighted by Crippen LogP contribution is -2.56. The van der Waals surface area contributed by atoms with Crippen LogP contribution in [-0.2, 0) is 0 Å². The van der Waals surface area contributed by atoms with E-state index in [-0.39, 0.29) is 18.0 Å². The van der Waals surface area contributed by atoms with Crippen LogP contribution in [0.15, 0.2) is 10.6 Å². The molecule has 22 heavy (non-hydrogen) atoms. The van der Waals surface area contributed by atoms with Crippen LogP contribution >= 0.6 is 0 Å². The molecule has 0 bridgehead atoms. The van der Waals surface area contributed by atoms with Gasteiger partial charge in [-0.1, -0.05) is 5.16 Å². The van der Waals surface area contributed by atoms with Crippen LogP contribution in [0.5, 0.6) is 0 Å². The number of carbonyl (C=O) groups excluding carboxylic acids is 1. The Morgan fingerprint density at radius 3 is 2.73 bits per heavy atom. The van der Waals surface area contributed by atoms with Gasteiger partial charge in [-0.25, -0.2) is 0 Å². The van der Waals surface area contributed by atoms with Crippen molar-refractivity contribution in [2.24, 2.45) is 0 Å². The first kappa shape index (κ1) is 15.5. The third-order valence-corrected chi connectivity index (χ3v) is 5.06. The van der Waals surface area contributed by atoms with Gasteiger partial charge in [-0.3, -0.25) is 9.69 Å². The van der Waals surface area contributed by atoms with E-state index in [4.69, 9.17) is 4.52 Å². The maximum Gasteiger partial charge on any atom is 0.276 e. The summed E-state index contributed by atoms with van der Waals surface area (Å²) in [6.45, 7) is 3.89. The highest BCUT2D eigenvalue weighted by Crippen LogP contribution is 2.29. The molecule has 1 aliphatic carbocycles. The molecule has 0 radical (unpaired) electrons. The number of nitrogens with zero attached hydrogens (tertiary/aromatic N) is 3. The molecule has 1 N–H and O–H groups in total. The molecule has 2 heterocycles. The minimum Gasteiger partial charge on any atom is -0.389 e. The van der Waals surface area contributed by atoms with Crippen molar-refractivity contribution in [1.82, 2.24) is 15.0 Å². The number of hydrogen-bond donors (Lipinski definition) is 1. The summed E-state index contributed by atoms with van der Waals surface area (Å²) in [6, 6.07) is 1.67. The molecule has 0 spiro atoms. The highest BCUT2D eigenvalue weighted by atomic mass is 16.5. The van der Waals surface area contributed by atoms with Crippen molar-refractivity contribution in [3.05, 3.63) is 17.5 Å². The summed E-state index contributed by atoms with van der Waals surface area (Å²) in [5.74, 6) is 0.443. The second-order valence-electron chi connectivity index (χ2n) is 6.54. The molecule has 2 aliphatic rings. The fourth-order valence-electron chi connectivity index (χ4n) is 3.83. The maximum atomic E-state index is 12.5. The van der Waals surface area contributed by atoms with Crippen LogP contribution in [0.2, 0.25) is 0 Å². The first-order chi connectivity index (χ1) is 10.6. The highest BCUT2D eigenvalue weighted by molar-refractivity contribution is 5.92. The predicted molar refractivity (Wildman–Crippen MR) is 81.6 cm³/mol. The maximum absolute atomic E-state index is 12.5. The van der Waals surface area contributed by atoms with E-state index in [2.05, 4.69) is 10.1 Å². The van der Waals surface area contributed by atoms with E-state index in [0.29, 0.717) is 11.5 Å². The molecular weight excluding hydrogens is 282 g/mol. The molecule has 1 saturated carbocycles. The van der Waals surface area contributed by atoms with E-state index in [1.807, 2.05) is 0 Å². The molecule has 2 fully saturated rings. The minimum absolute atomic E-state index is 0.149. The van der Waals surface area contributed by atoms with Crippen molar-refractivity contribution < 1.29 is 14.4 Å². The van der Waals surface area contributed by atoms with Gasteiger partial charge in [0.05, 0.1) is 12.1 Å². The Morgan fingerprint density at radius 1 is 1.36 bits per heavy atom. The third-order valence-electron chi connectivity index (χ3n) is 5.06. The lowest BCUT2D eigenvalue weighted by atomic mass is 9.86. The normalized spacial score (nSPS) is 29.7. The Kier molecular flexibility index (Phi) is 4.49. The Balaban J connectivity index is 1.70. The molecule has 0 unspecified atom stereocenters. The number of aliphatic hydroxyl groups excluding tert-OH is 1. The molecule has 0 aromatic carbocycles. The molecule has 3 rings (SSSR count). The molecule has 6 heteroatoms. The van der Waals surface area contributed by atoms with Crippen LogP contribution in [0, 0.1) is 6.92 Å². The van der Waals surface area contributed by atoms with Crippen LogP contribution in [0.3, 0.4) is 0 Å². The molecule has 3 atom stereocenters. The van der Waals surface area contributed by atoms with E-state index in [9.17, 15) is 9.90 Å². The summed E-state index contributed by atoms with van der Waals surface area (Å²) < 4.78 is 4.98. The van der Waals surface area contributed by atoms with Gasteiger partial charge in [-0.15, -0.1) is 0 Å². The van der Waals surface area contributed by atoms with E-state index >= 15 is 0 Å². The zero-order valence-electron chi connectivity index (χ0n) is 13.4. The second kappa shape index (κ2) is 6.38. The summed E-state index contributed by atoms with van der Waals surface area (Å²) in [4.78, 5) is 16.5. The smallest absolute Gasteiger partial charge is 0.276 e. The van der Waals surface area contributed by atoms with Gasteiger partial charge in [0.1, 0.15) is 5.76 Å². The number of amides is 1. The topological polar surface area (TPSA) is 69.8 Å². The highest BCUT2D eigenvalue weighted by Gasteiger charge is 2.39. The molecule has 1 saturated heterocycles. The molecule has 1 aromatic heterocycles. The van der Waals surface area contributed by atoms with Gasteiger partial charge in [0.15, 0.2) is 5.69 Å². The molecule has 122 valence electrons. The lowest BCUT2D eigenvalue weighted by molar-refractivity contribution is -0.0244. The van der Waals surface area contributed by atoms with E-state index in [0.717, 1.165) is 32.4 Å². The van der Waals surface area contributed by atoms with Crippen molar-refractivity contribution in [3.63, 3.8) is 0 Å². The van der Waals surface area contributed by atoms with E-state index in [1.54, 1.807) is 24.9 Å². The van der Waals surface area contributed by atoms with Crippen molar-refractivity contribution in [2.45, 2.75) is 57.2 Å². The second-order valence-corrected chi connectivity index (χ2v) is 6.54. The van der Waals surface area contributed by atoms with Crippen molar-refractivity contribution in [2.75, 3.05) is 20.1 Å². The summed E-state index contributed by atoms with van der Waals surface area (Å²) in [5, 5.41) is 14.6. The minimum atomic E-state index is -0.492. The summed E-state index contributed by atoms with van der Waals surface area (Å²) in [6.07, 6.45) is 4.82. The van der Waals surface area contributed by atoms with Gasteiger partial charge in [0.2, 0.25) is 0 Å². The largest absolute Gasteiger partial charge is 0.389 e. The molecule has 1 aromatic rings. The van der Waals surface area contributed by atoms with Gasteiger partial charge < -0.3 is 14.5 Å². The number of aliphatic hydroxyl groups is 1. The number of rotatable bonds is 3. The predicted octanol–water partition coefficient (Wildman–Crippen LogP) is 1.43. The third kappa shape index (κ3) is 2.90. The van der Waals surface area contributed by atoms with Crippen LogP contribution in [-0.4, -0.2) is 64.3 Å². The van der Waals surface area contributed by atoms with Gasteiger partial charge >= 0.3 is 0 Å². The lowest BCUT2D eigenvalue weighted by Gasteiger charge is -2.43. The number of likely N-dealkylation sites (N-methyl/N-ethyl adjacent to an activating group) is 1. The number of aromatic nitrogens is 1. The Morgan fingerprint density at radius 2 is 2.09 bits per heavy atom. The van der Waals surface area contributed by atoms with Crippen LogP contribution in [0.25, 0.3) is 0 Å². The summed E-state index contributed by atoms with van der Waals surface area (Å²) in [5.41, 5.74) is 0.315. The Bertz CT molecular complexity index is 524. The van der Waals surface area contributed by atoms with Gasteiger partial charge in [-0.05, 0) is 52.1 Å². The fraction of sp³-hybridized carbons (Fsp3) is 0.750. The quantitative estimate of drug-likeness (QED) is 0.915. The fourth-order valence-corrected chi connectivity index (χ4v) is 3.83. The molecule has 1 amide bonds. The Hall–Kier alpha value is -1.40. The van der Waals surface area contributed by atoms with Gasteiger partial charge in [0.25, 0.3) is 5.91 Å². The zero-order valence-corrected chi connectivity index (χ0v) is 13.4. The average Bonchev–Trinajstić information content (AvgIpc) is 3.17. The van der Waals surface area contributed by atoms with Crippen LogP contribution < -0.4 is 0 Å². The standard InChI is InChI=1S/C16H25N3O3/c1-11-10-12(17-22-11)16(21)18(2)13-6-5-7-14(15(13)20)19-8-3-4-9-19/h10,13-15,20H,3-9H2,1-2H3/t13-,14-,15-/m1/s1. The zero-order chi connectivity index (χ0) is 15.7. The van der Waals surface area contributed by atoms with Crippen molar-refractivity contribution in [1.29, 1.82) is 0 Å². The van der Waals surface area contributed by atoms with Gasteiger partial charge in [0, 0.05) is 19.2 Å². The van der Waals surface area contributed by atoms with Gasteiger partial charge in [-0.2, -0.15) is 0 Å². The number of aryl methyl sites for hydroxylation is 1. The monoisotopic (exact) mass is 307 g/mol. The van der Waals surface area contributed by atoms with Crippen molar-refractivity contribution >= 4 is 5.91 Å². The number of hydrogen-bond acceptors (Lipinski definition) is 5. The van der Waals surface area contributed by atoms with Crippen LogP contribution in [0.4, 0.5) is 0 Å². The molecular formula is C16H25N3O3. The average molecular weight is 307 g/mol. The first-order valence-electron chi connectivity index (χ1n) is 8.20. The molecule has 6 nitrogen and oxygen atoms in total. The Labute approximate surface area is 131 Å². The van der Waals surface area contributed by atoms with Crippen molar-refractivity contribution in [3.8, 4) is 0 Å². The SMILES string of the molecule is Cc1cc(C(=O)N(C)[C@@H]2CCC[C@@H](N3CCCC3)[C@@H]2O)no1. The molecule has 1 aliphatic heterocycles. The first-order valence-corrected chi connectivity index (χ1v) is 8.20.